The Morgan fingerprint density at radius 1 is 1.17 bits per heavy atom. The molecule has 5 nitrogen and oxygen atoms in total. The van der Waals surface area contributed by atoms with Crippen molar-refractivity contribution in [3.05, 3.63) is 36.0 Å². The van der Waals surface area contributed by atoms with E-state index in [0.717, 1.165) is 31.2 Å². The summed E-state index contributed by atoms with van der Waals surface area (Å²) in [7, 11) is 0. The average Bonchev–Trinajstić information content (AvgIpc) is 2.99. The number of carbonyl (C=O) groups excluding carboxylic acids is 1. The smallest absolute Gasteiger partial charge is 0.306 e. The highest BCUT2D eigenvalue weighted by molar-refractivity contribution is 5.83. The van der Waals surface area contributed by atoms with Gasteiger partial charge in [0.2, 0.25) is 5.91 Å². The van der Waals surface area contributed by atoms with Gasteiger partial charge in [-0.2, -0.15) is 0 Å². The lowest BCUT2D eigenvalue weighted by Crippen LogP contribution is -2.38. The number of amides is 1. The number of hydrogen-bond donors (Lipinski definition) is 3. The number of aromatic amines is 1. The molecule has 5 heteroatoms. The van der Waals surface area contributed by atoms with Gasteiger partial charge in [0.25, 0.3) is 0 Å². The summed E-state index contributed by atoms with van der Waals surface area (Å²) in [5, 5.41) is 13.3. The quantitative estimate of drug-likeness (QED) is 0.761. The van der Waals surface area contributed by atoms with Crippen LogP contribution in [0.3, 0.4) is 0 Å². The zero-order valence-corrected chi connectivity index (χ0v) is 13.8. The molecule has 1 aromatic carbocycles. The lowest BCUT2D eigenvalue weighted by molar-refractivity contribution is -0.142. The first kappa shape index (κ1) is 16.6. The predicted octanol–water partition coefficient (Wildman–Crippen LogP) is 3.25. The second kappa shape index (κ2) is 7.51. The molecular formula is C19H24N2O3. The fourth-order valence-electron chi connectivity index (χ4n) is 3.56. The van der Waals surface area contributed by atoms with Gasteiger partial charge in [-0.05, 0) is 50.2 Å². The molecule has 24 heavy (non-hydrogen) atoms. The van der Waals surface area contributed by atoms with Crippen molar-refractivity contribution in [2.24, 2.45) is 5.92 Å². The summed E-state index contributed by atoms with van der Waals surface area (Å²) in [4.78, 5) is 26.3. The number of aryl methyl sites for hydroxylation is 1. The molecule has 0 aliphatic heterocycles. The molecule has 1 aliphatic carbocycles. The monoisotopic (exact) mass is 328 g/mol. The van der Waals surface area contributed by atoms with Crippen LogP contribution in [-0.2, 0) is 16.0 Å². The van der Waals surface area contributed by atoms with Crippen LogP contribution in [0.1, 0.15) is 44.1 Å². The predicted molar refractivity (Wildman–Crippen MR) is 92.8 cm³/mol. The summed E-state index contributed by atoms with van der Waals surface area (Å²) < 4.78 is 0. The standard InChI is InChI=1S/C19H24N2O3/c22-18(21-15-10-8-13(9-11-15)19(23)24)7-3-4-14-12-20-17-6-2-1-5-16(14)17/h1-2,5-6,12-13,15,20H,3-4,7-11H2,(H,21,22)(H,23,24). The first-order valence-corrected chi connectivity index (χ1v) is 8.70. The van der Waals surface area contributed by atoms with E-state index in [2.05, 4.69) is 22.4 Å². The number of para-hydroxylation sites is 1. The first-order valence-electron chi connectivity index (χ1n) is 8.70. The van der Waals surface area contributed by atoms with E-state index in [1.54, 1.807) is 0 Å². The topological polar surface area (TPSA) is 82.2 Å². The molecule has 0 radical (unpaired) electrons. The summed E-state index contributed by atoms with van der Waals surface area (Å²) in [5.74, 6) is -0.868. The SMILES string of the molecule is O=C(CCCc1c[nH]c2ccccc12)NC1CCC(C(=O)O)CC1. The molecule has 0 unspecified atom stereocenters. The molecular weight excluding hydrogens is 304 g/mol. The number of carbonyl (C=O) groups is 2. The maximum atomic E-state index is 12.1. The first-order chi connectivity index (χ1) is 11.6. The fourth-order valence-corrected chi connectivity index (χ4v) is 3.56. The lowest BCUT2D eigenvalue weighted by Gasteiger charge is -2.26. The summed E-state index contributed by atoms with van der Waals surface area (Å²) >= 11 is 0. The highest BCUT2D eigenvalue weighted by Gasteiger charge is 2.26. The van der Waals surface area contributed by atoms with Gasteiger partial charge in [0, 0.05) is 29.6 Å². The van der Waals surface area contributed by atoms with Crippen molar-refractivity contribution in [3.8, 4) is 0 Å². The van der Waals surface area contributed by atoms with Gasteiger partial charge in [0.05, 0.1) is 5.92 Å². The van der Waals surface area contributed by atoms with Crippen LogP contribution in [-0.4, -0.2) is 28.0 Å². The van der Waals surface area contributed by atoms with Crippen molar-refractivity contribution in [3.63, 3.8) is 0 Å². The fraction of sp³-hybridized carbons (Fsp3) is 0.474. The van der Waals surface area contributed by atoms with Crippen LogP contribution in [0.4, 0.5) is 0 Å². The number of hydrogen-bond acceptors (Lipinski definition) is 2. The van der Waals surface area contributed by atoms with Crippen LogP contribution >= 0.6 is 0 Å². The Kier molecular flexibility index (Phi) is 5.18. The largest absolute Gasteiger partial charge is 0.481 e. The van der Waals surface area contributed by atoms with Crippen molar-refractivity contribution in [1.82, 2.24) is 10.3 Å². The normalized spacial score (nSPS) is 20.8. The molecule has 3 N–H and O–H groups in total. The van der Waals surface area contributed by atoms with Crippen LogP contribution in [0.2, 0.25) is 0 Å². The highest BCUT2D eigenvalue weighted by Crippen LogP contribution is 2.24. The van der Waals surface area contributed by atoms with Crippen molar-refractivity contribution in [2.45, 2.75) is 51.0 Å². The van der Waals surface area contributed by atoms with Crippen LogP contribution < -0.4 is 5.32 Å². The van der Waals surface area contributed by atoms with Gasteiger partial charge in [-0.25, -0.2) is 0 Å². The van der Waals surface area contributed by atoms with Gasteiger partial charge in [0.15, 0.2) is 0 Å². The number of aromatic nitrogens is 1. The number of benzene rings is 1. The summed E-state index contributed by atoms with van der Waals surface area (Å²) in [6.45, 7) is 0. The van der Waals surface area contributed by atoms with E-state index < -0.39 is 5.97 Å². The van der Waals surface area contributed by atoms with Gasteiger partial charge in [-0.15, -0.1) is 0 Å². The molecule has 0 atom stereocenters. The van der Waals surface area contributed by atoms with E-state index in [9.17, 15) is 9.59 Å². The van der Waals surface area contributed by atoms with E-state index in [4.69, 9.17) is 5.11 Å². The van der Waals surface area contributed by atoms with Crippen LogP contribution in [0, 0.1) is 5.92 Å². The molecule has 1 aliphatic rings. The molecule has 1 aromatic heterocycles. The number of fused-ring (bicyclic) bond motifs is 1. The zero-order chi connectivity index (χ0) is 16.9. The van der Waals surface area contributed by atoms with Crippen molar-refractivity contribution in [2.75, 3.05) is 0 Å². The Morgan fingerprint density at radius 2 is 1.92 bits per heavy atom. The zero-order valence-electron chi connectivity index (χ0n) is 13.8. The van der Waals surface area contributed by atoms with Gasteiger partial charge in [0.1, 0.15) is 0 Å². The molecule has 0 spiro atoms. The van der Waals surface area contributed by atoms with Crippen LogP contribution in [0.15, 0.2) is 30.5 Å². The Balaban J connectivity index is 1.41. The van der Waals surface area contributed by atoms with E-state index in [-0.39, 0.29) is 17.9 Å². The number of carboxylic acid groups (broad SMARTS) is 1. The van der Waals surface area contributed by atoms with E-state index >= 15 is 0 Å². The highest BCUT2D eigenvalue weighted by atomic mass is 16.4. The second-order valence-electron chi connectivity index (χ2n) is 6.67. The molecule has 3 rings (SSSR count). The number of nitrogens with one attached hydrogen (secondary N) is 2. The molecule has 1 saturated carbocycles. The number of carboxylic acids is 1. The Labute approximate surface area is 141 Å². The molecule has 1 amide bonds. The molecule has 1 heterocycles. The minimum Gasteiger partial charge on any atom is -0.481 e. The maximum absolute atomic E-state index is 12.1. The third kappa shape index (κ3) is 3.96. The minimum atomic E-state index is -0.710. The minimum absolute atomic E-state index is 0.0774. The Hall–Kier alpha value is -2.30. The third-order valence-corrected chi connectivity index (χ3v) is 4.97. The molecule has 0 saturated heterocycles. The van der Waals surface area contributed by atoms with Crippen molar-refractivity contribution < 1.29 is 14.7 Å². The molecule has 2 aromatic rings. The van der Waals surface area contributed by atoms with E-state index in [0.29, 0.717) is 19.3 Å². The lowest BCUT2D eigenvalue weighted by atomic mass is 9.86. The van der Waals surface area contributed by atoms with E-state index in [1.807, 2.05) is 18.3 Å². The van der Waals surface area contributed by atoms with Crippen molar-refractivity contribution >= 4 is 22.8 Å². The molecule has 1 fully saturated rings. The van der Waals surface area contributed by atoms with Gasteiger partial charge >= 0.3 is 5.97 Å². The van der Waals surface area contributed by atoms with E-state index in [1.165, 1.54) is 10.9 Å². The van der Waals surface area contributed by atoms with Crippen LogP contribution in [0.5, 0.6) is 0 Å². The van der Waals surface area contributed by atoms with Crippen molar-refractivity contribution in [1.29, 1.82) is 0 Å². The number of rotatable bonds is 6. The maximum Gasteiger partial charge on any atom is 0.306 e. The molecule has 0 bridgehead atoms. The second-order valence-corrected chi connectivity index (χ2v) is 6.67. The Bertz CT molecular complexity index is 714. The summed E-state index contributed by atoms with van der Waals surface area (Å²) in [5.41, 5.74) is 2.38. The number of aliphatic carboxylic acids is 1. The van der Waals surface area contributed by atoms with Gasteiger partial charge in [-0.1, -0.05) is 18.2 Å². The Morgan fingerprint density at radius 3 is 2.67 bits per heavy atom. The number of H-pyrrole nitrogens is 1. The average molecular weight is 328 g/mol. The van der Waals surface area contributed by atoms with Gasteiger partial charge < -0.3 is 15.4 Å². The summed E-state index contributed by atoms with van der Waals surface area (Å²) in [6.07, 6.45) is 7.09. The van der Waals surface area contributed by atoms with Gasteiger partial charge in [-0.3, -0.25) is 9.59 Å². The molecule has 128 valence electrons. The third-order valence-electron chi connectivity index (χ3n) is 4.97. The van der Waals surface area contributed by atoms with Crippen LogP contribution in [0.25, 0.3) is 10.9 Å². The summed E-state index contributed by atoms with van der Waals surface area (Å²) in [6, 6.07) is 8.33.